The highest BCUT2D eigenvalue weighted by Gasteiger charge is 2.26. The summed E-state index contributed by atoms with van der Waals surface area (Å²) in [5, 5.41) is 0. The predicted molar refractivity (Wildman–Crippen MR) is 90.7 cm³/mol. The summed E-state index contributed by atoms with van der Waals surface area (Å²) in [5.41, 5.74) is 1.21. The molecule has 1 aromatic heterocycles. The molecule has 0 bridgehead atoms. The molecular formula is C18H19N3O3. The summed E-state index contributed by atoms with van der Waals surface area (Å²) < 4.78 is 0. The van der Waals surface area contributed by atoms with Crippen LogP contribution in [0, 0.1) is 0 Å². The molecule has 0 saturated carbocycles. The number of aromatic nitrogens is 1. The van der Waals surface area contributed by atoms with Gasteiger partial charge in [0.1, 0.15) is 5.56 Å². The third kappa shape index (κ3) is 3.08. The van der Waals surface area contributed by atoms with Crippen LogP contribution in [-0.2, 0) is 4.79 Å². The highest BCUT2D eigenvalue weighted by Crippen LogP contribution is 2.22. The highest BCUT2D eigenvalue weighted by molar-refractivity contribution is 6.00. The van der Waals surface area contributed by atoms with Crippen molar-refractivity contribution in [3.63, 3.8) is 0 Å². The lowest BCUT2D eigenvalue weighted by atomic mass is 10.0. The molecule has 0 unspecified atom stereocenters. The lowest BCUT2D eigenvalue weighted by molar-refractivity contribution is -0.130. The lowest BCUT2D eigenvalue weighted by Gasteiger charge is -2.34. The Morgan fingerprint density at radius 2 is 1.58 bits per heavy atom. The largest absolute Gasteiger partial charge is 0.339 e. The van der Waals surface area contributed by atoms with Crippen LogP contribution in [0.5, 0.6) is 0 Å². The van der Waals surface area contributed by atoms with Crippen molar-refractivity contribution in [1.29, 1.82) is 0 Å². The second kappa shape index (κ2) is 6.70. The summed E-state index contributed by atoms with van der Waals surface area (Å²) in [6, 6.07) is 11.1. The van der Waals surface area contributed by atoms with E-state index in [2.05, 4.69) is 4.98 Å². The fraction of sp³-hybridized carbons (Fsp3) is 0.278. The van der Waals surface area contributed by atoms with Crippen molar-refractivity contribution in [1.82, 2.24) is 14.8 Å². The van der Waals surface area contributed by atoms with Gasteiger partial charge in [0.25, 0.3) is 11.5 Å². The van der Waals surface area contributed by atoms with Crippen molar-refractivity contribution in [2.24, 2.45) is 0 Å². The van der Waals surface area contributed by atoms with Crippen LogP contribution < -0.4 is 5.56 Å². The van der Waals surface area contributed by atoms with Crippen LogP contribution in [0.1, 0.15) is 17.3 Å². The predicted octanol–water partition coefficient (Wildman–Crippen LogP) is 1.35. The molecule has 2 heterocycles. The van der Waals surface area contributed by atoms with Gasteiger partial charge in [-0.3, -0.25) is 14.4 Å². The van der Waals surface area contributed by atoms with Gasteiger partial charge in [0.15, 0.2) is 0 Å². The summed E-state index contributed by atoms with van der Waals surface area (Å²) in [5.74, 6) is -0.288. The van der Waals surface area contributed by atoms with Crippen LogP contribution in [0.25, 0.3) is 11.1 Å². The molecule has 0 radical (unpaired) electrons. The number of H-pyrrole nitrogens is 1. The standard InChI is InChI=1S/C18H19N3O3/c1-13(22)20-9-11-21(12-10-20)18(24)16-15(7-8-19-17(16)23)14-5-3-2-4-6-14/h2-8H,9-12H2,1H3,(H,19,23). The smallest absolute Gasteiger partial charge is 0.261 e. The maximum Gasteiger partial charge on any atom is 0.261 e. The molecule has 1 aromatic carbocycles. The number of amides is 2. The quantitative estimate of drug-likeness (QED) is 0.906. The number of carbonyl (C=O) groups excluding carboxylic acids is 2. The summed E-state index contributed by atoms with van der Waals surface area (Å²) >= 11 is 0. The molecule has 1 aliphatic rings. The van der Waals surface area contributed by atoms with Crippen LogP contribution in [-0.4, -0.2) is 52.8 Å². The topological polar surface area (TPSA) is 73.5 Å². The zero-order valence-electron chi connectivity index (χ0n) is 13.5. The van der Waals surface area contributed by atoms with Crippen LogP contribution >= 0.6 is 0 Å². The van der Waals surface area contributed by atoms with E-state index in [9.17, 15) is 14.4 Å². The number of piperazine rings is 1. The third-order valence-electron chi connectivity index (χ3n) is 4.27. The molecule has 1 saturated heterocycles. The number of carbonyl (C=O) groups is 2. The summed E-state index contributed by atoms with van der Waals surface area (Å²) in [7, 11) is 0. The van der Waals surface area contributed by atoms with Crippen molar-refractivity contribution in [2.75, 3.05) is 26.2 Å². The van der Waals surface area contributed by atoms with Crippen molar-refractivity contribution in [3.05, 3.63) is 58.5 Å². The molecular weight excluding hydrogens is 306 g/mol. The molecule has 0 aliphatic carbocycles. The molecule has 24 heavy (non-hydrogen) atoms. The van der Waals surface area contributed by atoms with Crippen LogP contribution in [0.2, 0.25) is 0 Å². The van der Waals surface area contributed by atoms with E-state index in [1.807, 2.05) is 30.3 Å². The van der Waals surface area contributed by atoms with Gasteiger partial charge < -0.3 is 14.8 Å². The lowest BCUT2D eigenvalue weighted by Crippen LogP contribution is -2.50. The maximum absolute atomic E-state index is 12.9. The SMILES string of the molecule is CC(=O)N1CCN(C(=O)c2c(-c3ccccc3)cc[nH]c2=O)CC1. The van der Waals surface area contributed by atoms with Gasteiger partial charge in [0.2, 0.25) is 5.91 Å². The first kappa shape index (κ1) is 16.0. The summed E-state index contributed by atoms with van der Waals surface area (Å²) in [6.07, 6.45) is 1.55. The van der Waals surface area contributed by atoms with E-state index < -0.39 is 5.56 Å². The first-order chi connectivity index (χ1) is 11.6. The van der Waals surface area contributed by atoms with E-state index >= 15 is 0 Å². The van der Waals surface area contributed by atoms with Gasteiger partial charge >= 0.3 is 0 Å². The summed E-state index contributed by atoms with van der Waals surface area (Å²) in [6.45, 7) is 3.37. The normalized spacial score (nSPS) is 14.5. The first-order valence-corrected chi connectivity index (χ1v) is 7.90. The molecule has 6 heteroatoms. The average Bonchev–Trinajstić information content (AvgIpc) is 2.62. The van der Waals surface area contributed by atoms with E-state index in [0.717, 1.165) is 5.56 Å². The van der Waals surface area contributed by atoms with Gasteiger partial charge in [-0.15, -0.1) is 0 Å². The van der Waals surface area contributed by atoms with E-state index in [-0.39, 0.29) is 17.4 Å². The Morgan fingerprint density at radius 3 is 2.21 bits per heavy atom. The van der Waals surface area contributed by atoms with Crippen LogP contribution in [0.4, 0.5) is 0 Å². The Morgan fingerprint density at radius 1 is 0.958 bits per heavy atom. The van der Waals surface area contributed by atoms with Crippen molar-refractivity contribution >= 4 is 11.8 Å². The van der Waals surface area contributed by atoms with Crippen molar-refractivity contribution < 1.29 is 9.59 Å². The maximum atomic E-state index is 12.9. The Hall–Kier alpha value is -2.89. The molecule has 2 aromatic rings. The number of benzene rings is 1. The molecule has 1 N–H and O–H groups in total. The van der Waals surface area contributed by atoms with Gasteiger partial charge in [-0.05, 0) is 11.6 Å². The molecule has 1 aliphatic heterocycles. The minimum Gasteiger partial charge on any atom is -0.339 e. The molecule has 0 atom stereocenters. The molecule has 6 nitrogen and oxygen atoms in total. The van der Waals surface area contributed by atoms with E-state index in [1.165, 1.54) is 6.92 Å². The Bertz CT molecular complexity index is 806. The van der Waals surface area contributed by atoms with E-state index in [1.54, 1.807) is 22.1 Å². The Balaban J connectivity index is 1.91. The third-order valence-corrected chi connectivity index (χ3v) is 4.27. The molecule has 124 valence electrons. The first-order valence-electron chi connectivity index (χ1n) is 7.90. The number of hydrogen-bond acceptors (Lipinski definition) is 3. The minimum absolute atomic E-state index is 0.00429. The number of pyridine rings is 1. The van der Waals surface area contributed by atoms with E-state index in [4.69, 9.17) is 0 Å². The molecule has 2 amide bonds. The van der Waals surface area contributed by atoms with Gasteiger partial charge in [0.05, 0.1) is 0 Å². The molecule has 3 rings (SSSR count). The second-order valence-corrected chi connectivity index (χ2v) is 5.76. The fourth-order valence-corrected chi connectivity index (χ4v) is 2.93. The average molecular weight is 325 g/mol. The molecule has 0 spiro atoms. The monoisotopic (exact) mass is 325 g/mol. The van der Waals surface area contributed by atoms with Gasteiger partial charge in [-0.25, -0.2) is 0 Å². The number of aromatic amines is 1. The van der Waals surface area contributed by atoms with Gasteiger partial charge in [-0.1, -0.05) is 30.3 Å². The Kier molecular flexibility index (Phi) is 4.46. The van der Waals surface area contributed by atoms with Crippen molar-refractivity contribution in [2.45, 2.75) is 6.92 Å². The zero-order chi connectivity index (χ0) is 17.1. The molecule has 1 fully saturated rings. The fourth-order valence-electron chi connectivity index (χ4n) is 2.93. The number of nitrogens with zero attached hydrogens (tertiary/aromatic N) is 2. The van der Waals surface area contributed by atoms with Crippen LogP contribution in [0.15, 0.2) is 47.4 Å². The number of hydrogen-bond donors (Lipinski definition) is 1. The van der Waals surface area contributed by atoms with Crippen molar-refractivity contribution in [3.8, 4) is 11.1 Å². The van der Waals surface area contributed by atoms with Gasteiger partial charge in [0, 0.05) is 44.9 Å². The Labute approximate surface area is 139 Å². The van der Waals surface area contributed by atoms with E-state index in [0.29, 0.717) is 31.7 Å². The summed E-state index contributed by atoms with van der Waals surface area (Å²) in [4.78, 5) is 42.5. The van der Waals surface area contributed by atoms with Gasteiger partial charge in [-0.2, -0.15) is 0 Å². The zero-order valence-corrected chi connectivity index (χ0v) is 13.5. The van der Waals surface area contributed by atoms with Crippen LogP contribution in [0.3, 0.4) is 0 Å². The second-order valence-electron chi connectivity index (χ2n) is 5.76. The highest BCUT2D eigenvalue weighted by atomic mass is 16.2. The minimum atomic E-state index is -0.393. The number of rotatable bonds is 2. The number of nitrogens with one attached hydrogen (secondary N) is 1.